The van der Waals surface area contributed by atoms with Gasteiger partial charge in [-0.3, -0.25) is 9.98 Å². The molecule has 1 aromatic heterocycles. The van der Waals surface area contributed by atoms with Crippen LogP contribution in [0.3, 0.4) is 0 Å². The van der Waals surface area contributed by atoms with Gasteiger partial charge in [0.05, 0.1) is 34.2 Å². The number of benzene rings is 2. The minimum Gasteiger partial charge on any atom is -1.00 e. The van der Waals surface area contributed by atoms with Crippen molar-refractivity contribution in [2.45, 2.75) is 242 Å². The first-order valence-corrected chi connectivity index (χ1v) is 26.0. The third-order valence-electron chi connectivity index (χ3n) is 16.8. The van der Waals surface area contributed by atoms with Gasteiger partial charge in [0.2, 0.25) is 0 Å². The van der Waals surface area contributed by atoms with Crippen LogP contribution in [0.15, 0.2) is 52.4 Å². The second-order valence-electron chi connectivity index (χ2n) is 20.9. The molecule has 0 atom stereocenters. The molecule has 1 heterocycles. The Morgan fingerprint density at radius 3 is 0.859 bits per heavy atom. The molecular weight excluding hydrogens is 977 g/mol. The van der Waals surface area contributed by atoms with Crippen molar-refractivity contribution < 1.29 is 78.1 Å². The van der Waals surface area contributed by atoms with Crippen molar-refractivity contribution in [1.29, 1.82) is 0 Å². The molecule has 0 unspecified atom stereocenters. The Kier molecular flexibility index (Phi) is 22.6. The van der Waals surface area contributed by atoms with Crippen molar-refractivity contribution in [2.24, 2.45) is 9.98 Å². The van der Waals surface area contributed by atoms with Crippen LogP contribution >= 0.6 is 0 Å². The molecule has 64 heavy (non-hydrogen) atoms. The number of pyridine rings is 1. The van der Waals surface area contributed by atoms with Gasteiger partial charge in [-0.1, -0.05) is 146 Å². The predicted molar refractivity (Wildman–Crippen MR) is 256 cm³/mol. The molecule has 1 radical (unpaired) electrons. The van der Waals surface area contributed by atoms with Gasteiger partial charge in [0.25, 0.3) is 0 Å². The summed E-state index contributed by atoms with van der Waals surface area (Å²) in [7, 11) is 0. The average molecular weight is 1060 g/mol. The van der Waals surface area contributed by atoms with E-state index in [0.717, 1.165) is 34.6 Å². The molecule has 6 aliphatic rings. The monoisotopic (exact) mass is 1050 g/mol. The Morgan fingerprint density at radius 2 is 0.609 bits per heavy atom. The Hall–Kier alpha value is -0.849. The molecule has 0 saturated heterocycles. The van der Waals surface area contributed by atoms with Gasteiger partial charge in [-0.25, -0.2) is 4.98 Å². The molecule has 0 amide bonds. The number of aromatic nitrogens is 1. The van der Waals surface area contributed by atoms with E-state index in [1.807, 2.05) is 0 Å². The number of nitrogens with zero attached hydrogens (tertiary/aromatic N) is 3. The van der Waals surface area contributed by atoms with Crippen molar-refractivity contribution >= 4 is 22.8 Å². The fourth-order valence-electron chi connectivity index (χ4n) is 13.2. The van der Waals surface area contributed by atoms with Crippen LogP contribution in [0.25, 0.3) is 0 Å². The zero-order valence-corrected chi connectivity index (χ0v) is 45.2. The van der Waals surface area contributed by atoms with Crippen LogP contribution in [0.1, 0.15) is 287 Å². The molecule has 2 aromatic carbocycles. The van der Waals surface area contributed by atoms with E-state index >= 15 is 0 Å². The summed E-state index contributed by atoms with van der Waals surface area (Å²) in [6.45, 7) is 4.49. The first-order chi connectivity index (χ1) is 29.6. The smallest absolute Gasteiger partial charge is 1.00 e. The van der Waals surface area contributed by atoms with E-state index in [1.165, 1.54) is 204 Å². The number of hydrogen-bond donors (Lipinski definition) is 0. The van der Waals surface area contributed by atoms with Gasteiger partial charge in [0, 0.05) is 0 Å². The number of aliphatic imine (C=N–C) groups is 2. The van der Waals surface area contributed by atoms with E-state index in [2.05, 4.69) is 56.3 Å². The summed E-state index contributed by atoms with van der Waals surface area (Å²) >= 11 is 0. The molecule has 0 spiro atoms. The fourth-order valence-corrected chi connectivity index (χ4v) is 13.2. The van der Waals surface area contributed by atoms with Crippen molar-refractivity contribution in [3.8, 4) is 0 Å². The van der Waals surface area contributed by atoms with Gasteiger partial charge >= 0.3 is 40.8 Å². The van der Waals surface area contributed by atoms with Crippen LogP contribution in [0, 0.1) is 40.8 Å². The maximum absolute atomic E-state index is 5.77. The van der Waals surface area contributed by atoms with Gasteiger partial charge in [-0.15, -0.1) is 0 Å². The molecular formula is C57H79Cl3N3Nd. The predicted octanol–water partition coefficient (Wildman–Crippen LogP) is 8.66. The molecule has 0 aliphatic heterocycles. The van der Waals surface area contributed by atoms with E-state index in [4.69, 9.17) is 15.0 Å². The Balaban J connectivity index is 0.00000193. The molecule has 0 N–H and O–H groups in total. The van der Waals surface area contributed by atoms with Crippen LogP contribution in [-0.2, 0) is 0 Å². The zero-order chi connectivity index (χ0) is 40.7. The summed E-state index contributed by atoms with van der Waals surface area (Å²) in [5.41, 5.74) is 16.4. The Morgan fingerprint density at radius 1 is 0.375 bits per heavy atom. The Bertz CT molecular complexity index is 1740. The van der Waals surface area contributed by atoms with Crippen molar-refractivity contribution in [1.82, 2.24) is 4.98 Å². The number of rotatable bonds is 10. The normalized spacial score (nSPS) is 21.8. The molecule has 6 saturated carbocycles. The van der Waals surface area contributed by atoms with Crippen LogP contribution in [-0.4, -0.2) is 16.4 Å². The first kappa shape index (κ1) is 54.1. The van der Waals surface area contributed by atoms with Crippen molar-refractivity contribution in [2.75, 3.05) is 0 Å². The second kappa shape index (κ2) is 26.8. The molecule has 347 valence electrons. The van der Waals surface area contributed by atoms with Crippen molar-refractivity contribution in [3.05, 3.63) is 87.2 Å². The van der Waals surface area contributed by atoms with Crippen molar-refractivity contribution in [3.63, 3.8) is 0 Å². The minimum absolute atomic E-state index is 0. The van der Waals surface area contributed by atoms with Gasteiger partial charge in [-0.05, 0) is 172 Å². The topological polar surface area (TPSA) is 37.6 Å². The van der Waals surface area contributed by atoms with Gasteiger partial charge < -0.3 is 37.2 Å². The number of hydrogen-bond acceptors (Lipinski definition) is 3. The molecule has 6 aliphatic carbocycles. The average Bonchev–Trinajstić information content (AvgIpc) is 3.33. The maximum atomic E-state index is 5.77. The molecule has 6 fully saturated rings. The summed E-state index contributed by atoms with van der Waals surface area (Å²) in [6, 6.07) is 17.4. The second-order valence-corrected chi connectivity index (χ2v) is 20.9. The summed E-state index contributed by atoms with van der Waals surface area (Å²) < 4.78 is 0. The van der Waals surface area contributed by atoms with E-state index in [9.17, 15) is 0 Å². The van der Waals surface area contributed by atoms with Crippen LogP contribution in [0.2, 0.25) is 0 Å². The Labute approximate surface area is 441 Å². The fraction of sp³-hybridized carbons (Fsp3) is 0.667. The van der Waals surface area contributed by atoms with Crippen LogP contribution in [0.4, 0.5) is 11.4 Å². The number of halogens is 3. The SMILES string of the molecule is CC(=Nc1c(C2CCCCC2)cc(C2CCCCC2)cc1C1CCCCC1)c1cccc(C(C)=Nc2c(C3CCCCC3)cc(C3CCCCC3)cc2C2CCCCC2)n1.[Cl-].[Cl-].[Cl-].[Nd+3]. The molecule has 3 aromatic rings. The van der Waals surface area contributed by atoms with E-state index < -0.39 is 0 Å². The van der Waals surface area contributed by atoms with E-state index in [1.54, 1.807) is 33.4 Å². The quantitative estimate of drug-likeness (QED) is 0.188. The van der Waals surface area contributed by atoms with Crippen LogP contribution < -0.4 is 37.2 Å². The summed E-state index contributed by atoms with van der Waals surface area (Å²) in [6.07, 6.45) is 40.8. The molecule has 7 heteroatoms. The van der Waals surface area contributed by atoms with E-state index in [0.29, 0.717) is 23.7 Å². The largest absolute Gasteiger partial charge is 3.00 e. The first-order valence-electron chi connectivity index (χ1n) is 26.0. The van der Waals surface area contributed by atoms with Gasteiger partial charge in [0.15, 0.2) is 0 Å². The molecule has 9 rings (SSSR count). The summed E-state index contributed by atoms with van der Waals surface area (Å²) in [5.74, 6) is 3.97. The summed E-state index contributed by atoms with van der Waals surface area (Å²) in [4.78, 5) is 17.0. The van der Waals surface area contributed by atoms with E-state index in [-0.39, 0.29) is 78.1 Å². The molecule has 0 bridgehead atoms. The third-order valence-corrected chi connectivity index (χ3v) is 16.8. The maximum Gasteiger partial charge on any atom is 3.00 e. The van der Waals surface area contributed by atoms with Crippen LogP contribution in [0.5, 0.6) is 0 Å². The van der Waals surface area contributed by atoms with Gasteiger partial charge in [-0.2, -0.15) is 0 Å². The standard InChI is InChI=1S/C57H79N3.3ClH.Nd/c1-40(58-56-50(44-26-13-5-14-27-44)36-48(42-22-9-3-10-23-42)37-51(56)45-28-15-6-16-29-45)54-34-21-35-55(60-54)41(2)59-57-52(46-30-17-7-18-31-46)38-49(43-24-11-4-12-25-43)39-53(57)47-32-19-8-20-33-47;;;;/h21,34-39,42-47H,3-20,22-33H2,1-2H3;3*1H;/q;;;;+3/p-3. The zero-order valence-electron chi connectivity index (χ0n) is 39.7. The molecule has 3 nitrogen and oxygen atoms in total. The minimum atomic E-state index is 0. The third kappa shape index (κ3) is 13.3. The summed E-state index contributed by atoms with van der Waals surface area (Å²) in [5, 5.41) is 0. The van der Waals surface area contributed by atoms with Gasteiger partial charge in [0.1, 0.15) is 0 Å².